The summed E-state index contributed by atoms with van der Waals surface area (Å²) in [4.78, 5) is 0. The van der Waals surface area contributed by atoms with Gasteiger partial charge in [-0.25, -0.2) is 0 Å². The minimum absolute atomic E-state index is 0.203. The Morgan fingerprint density at radius 2 is 2.23 bits per heavy atom. The number of allylic oxidation sites excluding steroid dienone is 1. The highest BCUT2D eigenvalue weighted by molar-refractivity contribution is 5.09. The van der Waals surface area contributed by atoms with E-state index in [1.807, 2.05) is 6.08 Å². The number of rotatable bonds is 4. The van der Waals surface area contributed by atoms with Crippen molar-refractivity contribution in [1.82, 2.24) is 0 Å². The first kappa shape index (κ1) is 8.92. The van der Waals surface area contributed by atoms with Gasteiger partial charge in [0.1, 0.15) is 0 Å². The molecule has 72 valence electrons. The van der Waals surface area contributed by atoms with Crippen molar-refractivity contribution in [3.8, 4) is 0 Å². The van der Waals surface area contributed by atoms with Crippen molar-refractivity contribution in [2.45, 2.75) is 56.5 Å². The summed E-state index contributed by atoms with van der Waals surface area (Å²) < 4.78 is 0. The molecule has 0 amide bonds. The van der Waals surface area contributed by atoms with E-state index in [1.54, 1.807) is 0 Å². The number of nitrogens with zero attached hydrogens (tertiary/aromatic N) is 2. The van der Waals surface area contributed by atoms with Crippen molar-refractivity contribution in [3.63, 3.8) is 0 Å². The highest BCUT2D eigenvalue weighted by Gasteiger charge is 2.50. The molecule has 0 aromatic heterocycles. The summed E-state index contributed by atoms with van der Waals surface area (Å²) in [5.41, 5.74) is 0.436. The maximum atomic E-state index is 4.47. The fraction of sp³-hybridized carbons (Fsp3) is 0.818. The van der Waals surface area contributed by atoms with Crippen molar-refractivity contribution >= 4 is 0 Å². The molecule has 1 fully saturated rings. The number of unbranched alkanes of at least 4 members (excludes halogenated alkanes) is 1. The molecule has 2 heteroatoms. The van der Waals surface area contributed by atoms with E-state index in [1.165, 1.54) is 32.1 Å². The van der Waals surface area contributed by atoms with E-state index in [0.29, 0.717) is 0 Å². The lowest BCUT2D eigenvalue weighted by Crippen LogP contribution is -2.20. The van der Waals surface area contributed by atoms with Gasteiger partial charge < -0.3 is 0 Å². The Hall–Kier alpha value is -0.660. The Morgan fingerprint density at radius 1 is 1.38 bits per heavy atom. The highest BCUT2D eigenvalue weighted by Crippen LogP contribution is 2.50. The maximum Gasteiger partial charge on any atom is 0.0840 e. The summed E-state index contributed by atoms with van der Waals surface area (Å²) in [5.74, 6) is 0. The largest absolute Gasteiger partial charge is 0.187 e. The summed E-state index contributed by atoms with van der Waals surface area (Å²) in [6.07, 6.45) is 9.23. The van der Waals surface area contributed by atoms with Crippen LogP contribution in [0, 0.1) is 0 Å². The maximum absolute atomic E-state index is 4.47. The molecule has 0 spiro atoms. The predicted octanol–water partition coefficient (Wildman–Crippen LogP) is 3.49. The Bertz CT molecular complexity index is 246. The smallest absolute Gasteiger partial charge is 0.0840 e. The van der Waals surface area contributed by atoms with Gasteiger partial charge in [-0.05, 0) is 39.0 Å². The second-order valence-corrected chi connectivity index (χ2v) is 4.78. The van der Waals surface area contributed by atoms with Crippen LogP contribution in [0.25, 0.3) is 0 Å². The normalized spacial score (nSPS) is 41.3. The summed E-state index contributed by atoms with van der Waals surface area (Å²) in [7, 11) is 0. The van der Waals surface area contributed by atoms with Crippen molar-refractivity contribution in [3.05, 3.63) is 12.7 Å². The molecule has 2 aliphatic rings. The van der Waals surface area contributed by atoms with E-state index in [-0.39, 0.29) is 11.1 Å². The molecule has 0 N–H and O–H groups in total. The van der Waals surface area contributed by atoms with E-state index < -0.39 is 0 Å². The number of azo groups is 1. The number of fused-ring (bicyclic) bond motifs is 2. The van der Waals surface area contributed by atoms with Crippen LogP contribution in [0.2, 0.25) is 0 Å². The Labute approximate surface area is 80.1 Å². The van der Waals surface area contributed by atoms with Crippen LogP contribution in [0.4, 0.5) is 0 Å². The molecule has 0 saturated heterocycles. The van der Waals surface area contributed by atoms with Gasteiger partial charge >= 0.3 is 0 Å². The molecular weight excluding hydrogens is 160 g/mol. The molecule has 1 heterocycles. The quantitative estimate of drug-likeness (QED) is 0.465. The number of hydrogen-bond donors (Lipinski definition) is 0. The van der Waals surface area contributed by atoms with Crippen LogP contribution in [0.1, 0.15) is 45.4 Å². The third-order valence-electron chi connectivity index (χ3n) is 3.39. The van der Waals surface area contributed by atoms with Gasteiger partial charge in [0.25, 0.3) is 0 Å². The van der Waals surface area contributed by atoms with E-state index >= 15 is 0 Å². The third kappa shape index (κ3) is 1.54. The summed E-state index contributed by atoms with van der Waals surface area (Å²) in [5, 5.41) is 8.86. The zero-order chi connectivity index (χ0) is 9.36. The van der Waals surface area contributed by atoms with E-state index in [4.69, 9.17) is 0 Å². The Kier molecular flexibility index (Phi) is 2.01. The molecular formula is C11H18N2. The first-order chi connectivity index (χ1) is 6.18. The fourth-order valence-electron chi connectivity index (χ4n) is 2.62. The highest BCUT2D eigenvalue weighted by atomic mass is 15.3. The fourth-order valence-corrected chi connectivity index (χ4v) is 2.62. The molecule has 2 atom stereocenters. The third-order valence-corrected chi connectivity index (χ3v) is 3.39. The first-order valence-electron chi connectivity index (χ1n) is 5.23. The van der Waals surface area contributed by atoms with E-state index in [2.05, 4.69) is 23.7 Å². The molecule has 0 radical (unpaired) electrons. The van der Waals surface area contributed by atoms with Crippen LogP contribution < -0.4 is 0 Å². The van der Waals surface area contributed by atoms with Crippen LogP contribution in [0.15, 0.2) is 22.9 Å². The minimum atomic E-state index is 0.203. The molecule has 1 saturated carbocycles. The zero-order valence-electron chi connectivity index (χ0n) is 8.42. The SMILES string of the molecule is C=CCCC[C@]12CC[C@](C)(C1)N=N2. The van der Waals surface area contributed by atoms with Crippen molar-refractivity contribution in [2.75, 3.05) is 0 Å². The lowest BCUT2D eigenvalue weighted by molar-refractivity contribution is 0.398. The van der Waals surface area contributed by atoms with Gasteiger partial charge in [-0.2, -0.15) is 10.2 Å². The van der Waals surface area contributed by atoms with Gasteiger partial charge in [-0.15, -0.1) is 6.58 Å². The van der Waals surface area contributed by atoms with Crippen molar-refractivity contribution in [2.24, 2.45) is 10.2 Å². The van der Waals surface area contributed by atoms with Gasteiger partial charge in [0.05, 0.1) is 11.1 Å². The molecule has 2 nitrogen and oxygen atoms in total. The van der Waals surface area contributed by atoms with Crippen LogP contribution in [0.5, 0.6) is 0 Å². The molecule has 0 aromatic carbocycles. The van der Waals surface area contributed by atoms with Gasteiger partial charge in [-0.3, -0.25) is 0 Å². The van der Waals surface area contributed by atoms with Crippen LogP contribution in [0.3, 0.4) is 0 Å². The molecule has 2 rings (SSSR count). The molecule has 0 aromatic rings. The van der Waals surface area contributed by atoms with E-state index in [0.717, 1.165) is 6.42 Å². The first-order valence-corrected chi connectivity index (χ1v) is 5.23. The lowest BCUT2D eigenvalue weighted by atomic mass is 9.91. The standard InChI is InChI=1S/C11H18N2/c1-3-4-5-6-11-8-7-10(2,9-11)12-13-11/h3H,1,4-9H2,2H3/t10-,11+/m1/s1. The molecule has 1 aliphatic heterocycles. The second kappa shape index (κ2) is 2.93. The topological polar surface area (TPSA) is 24.7 Å². The lowest BCUT2D eigenvalue weighted by Gasteiger charge is -2.19. The van der Waals surface area contributed by atoms with Gasteiger partial charge in [0, 0.05) is 6.42 Å². The monoisotopic (exact) mass is 178 g/mol. The van der Waals surface area contributed by atoms with Gasteiger partial charge in [0.2, 0.25) is 0 Å². The van der Waals surface area contributed by atoms with Crippen LogP contribution >= 0.6 is 0 Å². The minimum Gasteiger partial charge on any atom is -0.187 e. The molecule has 1 aliphatic carbocycles. The average molecular weight is 178 g/mol. The predicted molar refractivity (Wildman–Crippen MR) is 53.9 cm³/mol. The molecule has 13 heavy (non-hydrogen) atoms. The Balaban J connectivity index is 1.93. The average Bonchev–Trinajstić information content (AvgIpc) is 2.59. The van der Waals surface area contributed by atoms with Crippen LogP contribution in [-0.4, -0.2) is 11.1 Å². The van der Waals surface area contributed by atoms with E-state index in [9.17, 15) is 0 Å². The summed E-state index contributed by atoms with van der Waals surface area (Å²) in [6.45, 7) is 5.98. The van der Waals surface area contributed by atoms with Crippen molar-refractivity contribution in [1.29, 1.82) is 0 Å². The summed E-state index contributed by atoms with van der Waals surface area (Å²) in [6, 6.07) is 0. The Morgan fingerprint density at radius 3 is 2.69 bits per heavy atom. The van der Waals surface area contributed by atoms with Gasteiger partial charge in [0.15, 0.2) is 0 Å². The zero-order valence-corrected chi connectivity index (χ0v) is 8.42. The molecule has 2 bridgehead atoms. The van der Waals surface area contributed by atoms with Crippen molar-refractivity contribution < 1.29 is 0 Å². The van der Waals surface area contributed by atoms with Crippen LogP contribution in [-0.2, 0) is 0 Å². The molecule has 0 unspecified atom stereocenters. The van der Waals surface area contributed by atoms with Gasteiger partial charge in [-0.1, -0.05) is 6.08 Å². The second-order valence-electron chi connectivity index (χ2n) is 4.78. The number of hydrogen-bond acceptors (Lipinski definition) is 2. The summed E-state index contributed by atoms with van der Waals surface area (Å²) >= 11 is 0.